The van der Waals surface area contributed by atoms with Gasteiger partial charge >= 0.3 is 0 Å². The Bertz CT molecular complexity index is 101. The third-order valence-corrected chi connectivity index (χ3v) is 1.92. The SMILES string of the molecule is NC1(CO)CC(CF)C1. The van der Waals surface area contributed by atoms with Crippen LogP contribution in [0.1, 0.15) is 12.8 Å². The zero-order chi connectivity index (χ0) is 6.91. The second-order valence-electron chi connectivity index (χ2n) is 2.95. The van der Waals surface area contributed by atoms with Crippen LogP contribution in [-0.4, -0.2) is 23.9 Å². The van der Waals surface area contributed by atoms with Crippen LogP contribution in [0.3, 0.4) is 0 Å². The summed E-state index contributed by atoms with van der Waals surface area (Å²) >= 11 is 0. The van der Waals surface area contributed by atoms with Gasteiger partial charge in [-0.25, -0.2) is 0 Å². The van der Waals surface area contributed by atoms with Gasteiger partial charge in [-0.1, -0.05) is 0 Å². The van der Waals surface area contributed by atoms with Gasteiger partial charge in [0.1, 0.15) is 0 Å². The average Bonchev–Trinajstić information content (AvgIpc) is 1.81. The quantitative estimate of drug-likeness (QED) is 0.559. The van der Waals surface area contributed by atoms with Crippen LogP contribution in [0.25, 0.3) is 0 Å². The molecule has 0 heterocycles. The highest BCUT2D eigenvalue weighted by molar-refractivity contribution is 4.97. The van der Waals surface area contributed by atoms with E-state index in [1.165, 1.54) is 0 Å². The van der Waals surface area contributed by atoms with Crippen LogP contribution < -0.4 is 5.73 Å². The molecule has 54 valence electrons. The maximum atomic E-state index is 11.8. The van der Waals surface area contributed by atoms with Gasteiger partial charge in [0.25, 0.3) is 0 Å². The van der Waals surface area contributed by atoms with Gasteiger partial charge in [-0.15, -0.1) is 0 Å². The first-order chi connectivity index (χ1) is 4.20. The highest BCUT2D eigenvalue weighted by Gasteiger charge is 2.40. The van der Waals surface area contributed by atoms with Crippen molar-refractivity contribution in [3.63, 3.8) is 0 Å². The van der Waals surface area contributed by atoms with Gasteiger partial charge in [-0.2, -0.15) is 0 Å². The first-order valence-electron chi connectivity index (χ1n) is 3.16. The summed E-state index contributed by atoms with van der Waals surface area (Å²) in [4.78, 5) is 0. The van der Waals surface area contributed by atoms with Crippen molar-refractivity contribution in [2.24, 2.45) is 11.7 Å². The summed E-state index contributed by atoms with van der Waals surface area (Å²) in [5.74, 6) is 0.113. The van der Waals surface area contributed by atoms with Gasteiger partial charge in [0.05, 0.1) is 13.3 Å². The molecule has 0 spiro atoms. The topological polar surface area (TPSA) is 46.2 Å². The standard InChI is InChI=1S/C6H12FNO/c7-3-5-1-6(8,2-5)4-9/h5,9H,1-4,8H2. The molecule has 0 unspecified atom stereocenters. The van der Waals surface area contributed by atoms with Crippen LogP contribution in [0.15, 0.2) is 0 Å². The van der Waals surface area contributed by atoms with Crippen molar-refractivity contribution in [1.82, 2.24) is 0 Å². The molecule has 0 aromatic rings. The minimum atomic E-state index is -0.448. The number of hydrogen-bond acceptors (Lipinski definition) is 2. The number of aliphatic hydroxyl groups excluding tert-OH is 1. The normalized spacial score (nSPS) is 42.3. The van der Waals surface area contributed by atoms with Crippen molar-refractivity contribution in [3.05, 3.63) is 0 Å². The molecule has 0 aromatic heterocycles. The fourth-order valence-corrected chi connectivity index (χ4v) is 1.33. The van der Waals surface area contributed by atoms with Crippen LogP contribution in [-0.2, 0) is 0 Å². The molecular formula is C6H12FNO. The molecule has 0 aliphatic heterocycles. The fraction of sp³-hybridized carbons (Fsp3) is 1.00. The Balaban J connectivity index is 2.24. The van der Waals surface area contributed by atoms with E-state index >= 15 is 0 Å². The Morgan fingerprint density at radius 1 is 1.67 bits per heavy atom. The van der Waals surface area contributed by atoms with E-state index in [0.29, 0.717) is 12.8 Å². The molecule has 3 N–H and O–H groups in total. The molecule has 1 aliphatic rings. The Hall–Kier alpha value is -0.150. The third kappa shape index (κ3) is 1.22. The van der Waals surface area contributed by atoms with Gasteiger partial charge in [0.2, 0.25) is 0 Å². The van der Waals surface area contributed by atoms with Gasteiger partial charge < -0.3 is 10.8 Å². The van der Waals surface area contributed by atoms with E-state index in [0.717, 1.165) is 0 Å². The lowest BCUT2D eigenvalue weighted by atomic mass is 9.70. The van der Waals surface area contributed by atoms with E-state index in [9.17, 15) is 4.39 Å². The van der Waals surface area contributed by atoms with Crippen LogP contribution in [0, 0.1) is 5.92 Å². The summed E-state index contributed by atoms with van der Waals surface area (Å²) in [5.41, 5.74) is 5.10. The molecule has 0 saturated heterocycles. The fourth-order valence-electron chi connectivity index (χ4n) is 1.33. The lowest BCUT2D eigenvalue weighted by Crippen LogP contribution is -2.55. The molecule has 0 radical (unpaired) electrons. The highest BCUT2D eigenvalue weighted by atomic mass is 19.1. The number of hydrogen-bond donors (Lipinski definition) is 2. The maximum Gasteiger partial charge on any atom is 0.0924 e. The zero-order valence-electron chi connectivity index (χ0n) is 5.31. The number of nitrogens with two attached hydrogens (primary N) is 1. The van der Waals surface area contributed by atoms with E-state index in [-0.39, 0.29) is 19.2 Å². The monoisotopic (exact) mass is 133 g/mol. The van der Waals surface area contributed by atoms with Crippen LogP contribution >= 0.6 is 0 Å². The summed E-state index contributed by atoms with van der Waals surface area (Å²) < 4.78 is 11.8. The smallest absolute Gasteiger partial charge is 0.0924 e. The molecule has 3 heteroatoms. The largest absolute Gasteiger partial charge is 0.394 e. The van der Waals surface area contributed by atoms with E-state index in [2.05, 4.69) is 0 Å². The van der Waals surface area contributed by atoms with E-state index < -0.39 is 5.54 Å². The summed E-state index contributed by atoms with van der Waals surface area (Å²) in [6.07, 6.45) is 1.28. The molecule has 9 heavy (non-hydrogen) atoms. The van der Waals surface area contributed by atoms with Crippen LogP contribution in [0.5, 0.6) is 0 Å². The lowest BCUT2D eigenvalue weighted by molar-refractivity contribution is 0.0593. The van der Waals surface area contributed by atoms with Crippen LogP contribution in [0.4, 0.5) is 4.39 Å². The molecule has 2 nitrogen and oxygen atoms in total. The van der Waals surface area contributed by atoms with Crippen molar-refractivity contribution in [2.75, 3.05) is 13.3 Å². The van der Waals surface area contributed by atoms with E-state index in [4.69, 9.17) is 10.8 Å². The number of halogens is 1. The van der Waals surface area contributed by atoms with E-state index in [1.807, 2.05) is 0 Å². The summed E-state index contributed by atoms with van der Waals surface area (Å²) in [7, 11) is 0. The molecule has 0 aromatic carbocycles. The number of alkyl halides is 1. The van der Waals surface area contributed by atoms with E-state index in [1.54, 1.807) is 0 Å². The summed E-state index contributed by atoms with van der Waals surface area (Å²) in [5, 5.41) is 8.61. The second-order valence-corrected chi connectivity index (χ2v) is 2.95. The Kier molecular flexibility index (Phi) is 1.73. The molecule has 0 bridgehead atoms. The third-order valence-electron chi connectivity index (χ3n) is 1.92. The minimum absolute atomic E-state index is 0.0104. The predicted molar refractivity (Wildman–Crippen MR) is 32.7 cm³/mol. The summed E-state index contributed by atoms with van der Waals surface area (Å²) in [6.45, 7) is -0.303. The van der Waals surface area contributed by atoms with Gasteiger partial charge in [-0.05, 0) is 18.8 Å². The maximum absolute atomic E-state index is 11.8. The summed E-state index contributed by atoms with van der Waals surface area (Å²) in [6, 6.07) is 0. The molecule has 1 saturated carbocycles. The molecule has 1 fully saturated rings. The van der Waals surface area contributed by atoms with Crippen molar-refractivity contribution in [3.8, 4) is 0 Å². The molecular weight excluding hydrogens is 121 g/mol. The van der Waals surface area contributed by atoms with Crippen molar-refractivity contribution in [2.45, 2.75) is 18.4 Å². The highest BCUT2D eigenvalue weighted by Crippen LogP contribution is 2.35. The Morgan fingerprint density at radius 2 is 2.22 bits per heavy atom. The predicted octanol–water partition coefficient (Wildman–Crippen LogP) is 0.0557. The van der Waals surface area contributed by atoms with Crippen molar-refractivity contribution in [1.29, 1.82) is 0 Å². The van der Waals surface area contributed by atoms with Gasteiger partial charge in [-0.3, -0.25) is 4.39 Å². The molecule has 0 atom stereocenters. The lowest BCUT2D eigenvalue weighted by Gasteiger charge is -2.42. The molecule has 1 aliphatic carbocycles. The number of aliphatic hydroxyl groups is 1. The minimum Gasteiger partial charge on any atom is -0.394 e. The Labute approximate surface area is 53.9 Å². The van der Waals surface area contributed by atoms with Crippen molar-refractivity contribution < 1.29 is 9.50 Å². The first kappa shape index (κ1) is 6.96. The molecule has 0 amide bonds. The van der Waals surface area contributed by atoms with Crippen LogP contribution in [0.2, 0.25) is 0 Å². The Morgan fingerprint density at radius 3 is 2.56 bits per heavy atom. The van der Waals surface area contributed by atoms with Crippen molar-refractivity contribution >= 4 is 0 Å². The molecule has 1 rings (SSSR count). The average molecular weight is 133 g/mol. The van der Waals surface area contributed by atoms with Gasteiger partial charge in [0.15, 0.2) is 0 Å². The first-order valence-corrected chi connectivity index (χ1v) is 3.16. The zero-order valence-corrected chi connectivity index (χ0v) is 5.31. The number of rotatable bonds is 2. The second kappa shape index (κ2) is 2.23. The van der Waals surface area contributed by atoms with Gasteiger partial charge in [0, 0.05) is 5.54 Å².